The zero-order valence-corrected chi connectivity index (χ0v) is 9.03. The summed E-state index contributed by atoms with van der Waals surface area (Å²) in [5.41, 5.74) is 2.51. The fourth-order valence-electron chi connectivity index (χ4n) is 1.54. The number of nitrogens with one attached hydrogen (secondary N) is 1. The quantitative estimate of drug-likeness (QED) is 0.549. The van der Waals surface area contributed by atoms with Gasteiger partial charge in [0.1, 0.15) is 0 Å². The SMILES string of the molecule is Cc1nc(N2CCOCC2)nc(NN)c1F. The molecule has 1 aliphatic heterocycles. The van der Waals surface area contributed by atoms with Gasteiger partial charge in [0, 0.05) is 13.1 Å². The highest BCUT2D eigenvalue weighted by molar-refractivity contribution is 5.44. The van der Waals surface area contributed by atoms with Gasteiger partial charge in [-0.25, -0.2) is 15.2 Å². The molecule has 0 bridgehead atoms. The van der Waals surface area contributed by atoms with E-state index in [1.165, 1.54) is 0 Å². The van der Waals surface area contributed by atoms with Crippen LogP contribution >= 0.6 is 0 Å². The second kappa shape index (κ2) is 4.58. The Morgan fingerprint density at radius 2 is 2.06 bits per heavy atom. The summed E-state index contributed by atoms with van der Waals surface area (Å²) >= 11 is 0. The van der Waals surface area contributed by atoms with Gasteiger partial charge in [-0.3, -0.25) is 0 Å². The minimum Gasteiger partial charge on any atom is -0.378 e. The minimum atomic E-state index is -0.514. The lowest BCUT2D eigenvalue weighted by Crippen LogP contribution is -2.37. The number of halogens is 1. The van der Waals surface area contributed by atoms with Gasteiger partial charge in [0.25, 0.3) is 0 Å². The van der Waals surface area contributed by atoms with Crippen molar-refractivity contribution in [3.05, 3.63) is 11.5 Å². The number of anilines is 2. The number of aromatic nitrogens is 2. The molecule has 0 spiro atoms. The molecule has 1 fully saturated rings. The van der Waals surface area contributed by atoms with Crippen molar-refractivity contribution >= 4 is 11.8 Å². The summed E-state index contributed by atoms with van der Waals surface area (Å²) in [5.74, 6) is 5.18. The Balaban J connectivity index is 2.29. The Morgan fingerprint density at radius 1 is 1.38 bits per heavy atom. The number of ether oxygens (including phenoxy) is 1. The summed E-state index contributed by atoms with van der Waals surface area (Å²) in [5, 5.41) is 0. The average Bonchev–Trinajstić information content (AvgIpc) is 2.33. The first-order valence-electron chi connectivity index (χ1n) is 5.06. The third kappa shape index (κ3) is 2.05. The number of nitrogens with two attached hydrogens (primary N) is 1. The number of aryl methyl sites for hydroxylation is 1. The lowest BCUT2D eigenvalue weighted by molar-refractivity contribution is 0.122. The van der Waals surface area contributed by atoms with E-state index in [2.05, 4.69) is 15.4 Å². The predicted octanol–water partition coefficient (Wildman–Crippen LogP) is 0.0463. The third-order valence-corrected chi connectivity index (χ3v) is 2.44. The highest BCUT2D eigenvalue weighted by Gasteiger charge is 2.17. The van der Waals surface area contributed by atoms with Crippen LogP contribution in [0.25, 0.3) is 0 Å². The van der Waals surface area contributed by atoms with Crippen molar-refractivity contribution in [2.24, 2.45) is 5.84 Å². The van der Waals surface area contributed by atoms with Gasteiger partial charge in [0.15, 0.2) is 11.6 Å². The summed E-state index contributed by atoms with van der Waals surface area (Å²) in [4.78, 5) is 10.1. The van der Waals surface area contributed by atoms with E-state index in [-0.39, 0.29) is 11.5 Å². The first-order valence-corrected chi connectivity index (χ1v) is 5.06. The fraction of sp³-hybridized carbons (Fsp3) is 0.556. The summed E-state index contributed by atoms with van der Waals surface area (Å²) < 4.78 is 18.7. The Labute approximate surface area is 92.6 Å². The molecule has 0 unspecified atom stereocenters. The third-order valence-electron chi connectivity index (χ3n) is 2.44. The molecule has 2 heterocycles. The molecule has 0 radical (unpaired) electrons. The summed E-state index contributed by atoms with van der Waals surface area (Å²) in [7, 11) is 0. The maximum absolute atomic E-state index is 13.4. The van der Waals surface area contributed by atoms with Crippen molar-refractivity contribution in [1.29, 1.82) is 0 Å². The van der Waals surface area contributed by atoms with E-state index in [1.807, 2.05) is 4.90 Å². The van der Waals surface area contributed by atoms with Gasteiger partial charge in [0.05, 0.1) is 18.9 Å². The first-order chi connectivity index (χ1) is 7.72. The molecular formula is C9H14FN5O. The minimum absolute atomic E-state index is 0.0222. The molecule has 88 valence electrons. The molecule has 3 N–H and O–H groups in total. The lowest BCUT2D eigenvalue weighted by Gasteiger charge is -2.27. The molecule has 6 nitrogen and oxygen atoms in total. The number of nitrogen functional groups attached to an aromatic ring is 1. The summed E-state index contributed by atoms with van der Waals surface area (Å²) in [6.07, 6.45) is 0. The number of rotatable bonds is 2. The lowest BCUT2D eigenvalue weighted by atomic mass is 10.4. The molecule has 0 aromatic carbocycles. The van der Waals surface area contributed by atoms with Crippen LogP contribution in [0.2, 0.25) is 0 Å². The Bertz CT molecular complexity index is 380. The molecule has 2 rings (SSSR count). The van der Waals surface area contributed by atoms with Gasteiger partial charge in [-0.15, -0.1) is 0 Å². The number of nitrogens with zero attached hydrogens (tertiary/aromatic N) is 3. The van der Waals surface area contributed by atoms with Crippen LogP contribution in [0.5, 0.6) is 0 Å². The first kappa shape index (κ1) is 11.0. The molecule has 0 saturated carbocycles. The van der Waals surface area contributed by atoms with E-state index in [9.17, 15) is 4.39 Å². The van der Waals surface area contributed by atoms with E-state index in [0.29, 0.717) is 32.3 Å². The average molecular weight is 227 g/mol. The molecular weight excluding hydrogens is 213 g/mol. The topological polar surface area (TPSA) is 76.3 Å². The van der Waals surface area contributed by atoms with Crippen molar-refractivity contribution in [3.8, 4) is 0 Å². The zero-order chi connectivity index (χ0) is 11.5. The molecule has 0 amide bonds. The summed E-state index contributed by atoms with van der Waals surface area (Å²) in [6.45, 7) is 4.25. The maximum Gasteiger partial charge on any atom is 0.227 e. The van der Waals surface area contributed by atoms with Crippen LogP contribution in [-0.2, 0) is 4.74 Å². The van der Waals surface area contributed by atoms with Gasteiger partial charge in [0.2, 0.25) is 5.95 Å². The molecule has 1 aliphatic rings. The second-order valence-electron chi connectivity index (χ2n) is 3.52. The smallest absolute Gasteiger partial charge is 0.227 e. The normalized spacial score (nSPS) is 16.3. The largest absolute Gasteiger partial charge is 0.378 e. The van der Waals surface area contributed by atoms with Crippen LogP contribution in [0.1, 0.15) is 5.69 Å². The second-order valence-corrected chi connectivity index (χ2v) is 3.52. The van der Waals surface area contributed by atoms with E-state index in [4.69, 9.17) is 10.6 Å². The van der Waals surface area contributed by atoms with Crippen molar-refractivity contribution in [1.82, 2.24) is 9.97 Å². The molecule has 7 heteroatoms. The Morgan fingerprint density at radius 3 is 2.69 bits per heavy atom. The van der Waals surface area contributed by atoms with Gasteiger partial charge in [-0.05, 0) is 6.92 Å². The summed E-state index contributed by atoms with van der Waals surface area (Å²) in [6, 6.07) is 0. The Kier molecular flexibility index (Phi) is 3.16. The van der Waals surface area contributed by atoms with Crippen LogP contribution in [0, 0.1) is 12.7 Å². The molecule has 1 aromatic heterocycles. The Hall–Kier alpha value is -1.47. The van der Waals surface area contributed by atoms with Crippen molar-refractivity contribution < 1.29 is 9.13 Å². The maximum atomic E-state index is 13.4. The molecule has 16 heavy (non-hydrogen) atoms. The predicted molar refractivity (Wildman–Crippen MR) is 57.6 cm³/mol. The van der Waals surface area contributed by atoms with Gasteiger partial charge in [-0.2, -0.15) is 4.98 Å². The van der Waals surface area contributed by atoms with E-state index in [1.54, 1.807) is 6.92 Å². The molecule has 1 saturated heterocycles. The number of morpholine rings is 1. The molecule has 0 atom stereocenters. The van der Waals surface area contributed by atoms with E-state index < -0.39 is 5.82 Å². The van der Waals surface area contributed by atoms with Gasteiger partial charge < -0.3 is 15.1 Å². The molecule has 1 aromatic rings. The van der Waals surface area contributed by atoms with Crippen LogP contribution in [0.3, 0.4) is 0 Å². The highest BCUT2D eigenvalue weighted by atomic mass is 19.1. The van der Waals surface area contributed by atoms with Crippen molar-refractivity contribution in [3.63, 3.8) is 0 Å². The number of hydrogen-bond acceptors (Lipinski definition) is 6. The van der Waals surface area contributed by atoms with Crippen LogP contribution < -0.4 is 16.2 Å². The van der Waals surface area contributed by atoms with Crippen LogP contribution in [-0.4, -0.2) is 36.3 Å². The monoisotopic (exact) mass is 227 g/mol. The standard InChI is InChI=1S/C9H14FN5O/c1-6-7(10)8(14-11)13-9(12-6)15-2-4-16-5-3-15/h2-5,11H2,1H3,(H,12,13,14). The van der Waals surface area contributed by atoms with Crippen molar-refractivity contribution in [2.45, 2.75) is 6.92 Å². The molecule has 0 aliphatic carbocycles. The zero-order valence-electron chi connectivity index (χ0n) is 9.03. The highest BCUT2D eigenvalue weighted by Crippen LogP contribution is 2.18. The number of hydrazine groups is 1. The fourth-order valence-corrected chi connectivity index (χ4v) is 1.54. The van der Waals surface area contributed by atoms with Gasteiger partial charge in [-0.1, -0.05) is 0 Å². The van der Waals surface area contributed by atoms with Crippen LogP contribution in [0.15, 0.2) is 0 Å². The van der Waals surface area contributed by atoms with Gasteiger partial charge >= 0.3 is 0 Å². The van der Waals surface area contributed by atoms with E-state index >= 15 is 0 Å². The van der Waals surface area contributed by atoms with E-state index in [0.717, 1.165) is 0 Å². The van der Waals surface area contributed by atoms with Crippen LogP contribution in [0.4, 0.5) is 16.2 Å². The van der Waals surface area contributed by atoms with Crippen molar-refractivity contribution in [2.75, 3.05) is 36.6 Å². The number of hydrogen-bond donors (Lipinski definition) is 2.